The van der Waals surface area contributed by atoms with Crippen molar-refractivity contribution in [2.45, 2.75) is 24.8 Å². The van der Waals surface area contributed by atoms with Crippen molar-refractivity contribution in [1.82, 2.24) is 10.2 Å². The van der Waals surface area contributed by atoms with Crippen LogP contribution < -0.4 is 5.32 Å². The van der Waals surface area contributed by atoms with Gasteiger partial charge < -0.3 is 10.2 Å². The van der Waals surface area contributed by atoms with Gasteiger partial charge in [-0.1, -0.05) is 42.5 Å². The molecule has 0 bridgehead atoms. The lowest BCUT2D eigenvalue weighted by Crippen LogP contribution is -2.41. The monoisotopic (exact) mass is 370 g/mol. The molecule has 1 aliphatic heterocycles. The molecule has 0 spiro atoms. The molecule has 5 nitrogen and oxygen atoms in total. The SMILES string of the molecule is C[S@](=O)Cc1cccc(C(=O)N[C@H]2CCN(Cc3ccccc3)C2=O)c1. The third-order valence-corrected chi connectivity index (χ3v) is 5.12. The van der Waals surface area contributed by atoms with Gasteiger partial charge in [0.2, 0.25) is 5.91 Å². The molecule has 26 heavy (non-hydrogen) atoms. The number of rotatable bonds is 6. The van der Waals surface area contributed by atoms with Crippen LogP contribution in [0.5, 0.6) is 0 Å². The Morgan fingerprint density at radius 3 is 2.62 bits per heavy atom. The molecular formula is C20H22N2O3S. The van der Waals surface area contributed by atoms with Crippen LogP contribution in [0.1, 0.15) is 27.9 Å². The Hall–Kier alpha value is -2.47. The third kappa shape index (κ3) is 4.58. The standard InChI is InChI=1S/C20H22N2O3S/c1-26(25)14-16-8-5-9-17(12-16)19(23)21-18-10-11-22(20(18)24)13-15-6-3-2-4-7-15/h2-9,12,18H,10-11,13-14H2,1H3,(H,21,23)/t18-,26-/m0/s1. The van der Waals surface area contributed by atoms with E-state index in [1.165, 1.54) is 0 Å². The average molecular weight is 370 g/mol. The summed E-state index contributed by atoms with van der Waals surface area (Å²) in [5.74, 6) is 0.0931. The minimum absolute atomic E-state index is 0.0481. The van der Waals surface area contributed by atoms with Crippen LogP contribution in [0.4, 0.5) is 0 Å². The highest BCUT2D eigenvalue weighted by Gasteiger charge is 2.32. The number of hydrogen-bond acceptors (Lipinski definition) is 3. The second-order valence-electron chi connectivity index (χ2n) is 6.48. The fourth-order valence-corrected chi connectivity index (χ4v) is 3.76. The van der Waals surface area contributed by atoms with Crippen molar-refractivity contribution in [3.8, 4) is 0 Å². The summed E-state index contributed by atoms with van der Waals surface area (Å²) in [5, 5.41) is 2.84. The first-order valence-corrected chi connectivity index (χ1v) is 10.3. The summed E-state index contributed by atoms with van der Waals surface area (Å²) < 4.78 is 11.4. The maximum absolute atomic E-state index is 12.6. The number of hydrogen-bond donors (Lipinski definition) is 1. The lowest BCUT2D eigenvalue weighted by molar-refractivity contribution is -0.129. The van der Waals surface area contributed by atoms with E-state index >= 15 is 0 Å². The van der Waals surface area contributed by atoms with Gasteiger partial charge in [0.15, 0.2) is 0 Å². The predicted octanol–water partition coefficient (Wildman–Crippen LogP) is 2.10. The van der Waals surface area contributed by atoms with Crippen LogP contribution in [0, 0.1) is 0 Å². The largest absolute Gasteiger partial charge is 0.340 e. The molecule has 0 aliphatic carbocycles. The quantitative estimate of drug-likeness (QED) is 0.847. The Balaban J connectivity index is 1.61. The van der Waals surface area contributed by atoms with E-state index in [-0.39, 0.29) is 11.8 Å². The molecule has 0 unspecified atom stereocenters. The van der Waals surface area contributed by atoms with Gasteiger partial charge >= 0.3 is 0 Å². The highest BCUT2D eigenvalue weighted by atomic mass is 32.2. The Kier molecular flexibility index (Phi) is 5.83. The normalized spacial score (nSPS) is 18.0. The van der Waals surface area contributed by atoms with Gasteiger partial charge in [-0.05, 0) is 29.7 Å². The molecule has 1 heterocycles. The second kappa shape index (κ2) is 8.27. The van der Waals surface area contributed by atoms with Gasteiger partial charge in [-0.2, -0.15) is 0 Å². The van der Waals surface area contributed by atoms with Gasteiger partial charge in [0.25, 0.3) is 5.91 Å². The van der Waals surface area contributed by atoms with E-state index in [0.29, 0.717) is 30.8 Å². The van der Waals surface area contributed by atoms with Crippen molar-refractivity contribution in [3.05, 3.63) is 71.3 Å². The Morgan fingerprint density at radius 1 is 1.15 bits per heavy atom. The lowest BCUT2D eigenvalue weighted by atomic mass is 10.1. The average Bonchev–Trinajstić information content (AvgIpc) is 2.95. The van der Waals surface area contributed by atoms with Crippen molar-refractivity contribution in [2.24, 2.45) is 0 Å². The molecule has 0 saturated carbocycles. The highest BCUT2D eigenvalue weighted by molar-refractivity contribution is 7.83. The minimum atomic E-state index is -0.965. The van der Waals surface area contributed by atoms with E-state index in [1.807, 2.05) is 36.4 Å². The molecule has 136 valence electrons. The van der Waals surface area contributed by atoms with E-state index in [2.05, 4.69) is 5.32 Å². The van der Waals surface area contributed by atoms with Crippen LogP contribution >= 0.6 is 0 Å². The fraction of sp³-hybridized carbons (Fsp3) is 0.300. The maximum Gasteiger partial charge on any atom is 0.251 e. The van der Waals surface area contributed by atoms with Crippen LogP contribution in [0.15, 0.2) is 54.6 Å². The molecule has 2 aromatic rings. The molecule has 1 aliphatic rings. The minimum Gasteiger partial charge on any atom is -0.340 e. The third-order valence-electron chi connectivity index (χ3n) is 4.38. The highest BCUT2D eigenvalue weighted by Crippen LogP contribution is 2.16. The smallest absolute Gasteiger partial charge is 0.251 e. The van der Waals surface area contributed by atoms with Crippen LogP contribution in [0.25, 0.3) is 0 Å². The molecule has 2 aromatic carbocycles. The first-order valence-electron chi connectivity index (χ1n) is 8.55. The molecule has 2 atom stereocenters. The summed E-state index contributed by atoms with van der Waals surface area (Å²) in [6.45, 7) is 1.19. The molecule has 1 N–H and O–H groups in total. The fourth-order valence-electron chi connectivity index (χ4n) is 3.11. The number of likely N-dealkylation sites (tertiary alicyclic amines) is 1. The zero-order valence-corrected chi connectivity index (χ0v) is 15.5. The molecule has 3 rings (SSSR count). The van der Waals surface area contributed by atoms with Crippen molar-refractivity contribution < 1.29 is 13.8 Å². The summed E-state index contributed by atoms with van der Waals surface area (Å²) in [5.41, 5.74) is 2.41. The summed E-state index contributed by atoms with van der Waals surface area (Å²) in [6.07, 6.45) is 2.24. The van der Waals surface area contributed by atoms with Crippen LogP contribution in [-0.4, -0.2) is 39.8 Å². The van der Waals surface area contributed by atoms with E-state index in [9.17, 15) is 13.8 Å². The van der Waals surface area contributed by atoms with Crippen LogP contribution in [-0.2, 0) is 27.9 Å². The van der Waals surface area contributed by atoms with E-state index in [4.69, 9.17) is 0 Å². The van der Waals surface area contributed by atoms with Crippen molar-refractivity contribution in [2.75, 3.05) is 12.8 Å². The Bertz CT molecular complexity index is 823. The summed E-state index contributed by atoms with van der Waals surface area (Å²) in [4.78, 5) is 26.8. The van der Waals surface area contributed by atoms with Crippen molar-refractivity contribution in [3.63, 3.8) is 0 Å². The summed E-state index contributed by atoms with van der Waals surface area (Å²) in [6, 6.07) is 16.4. The summed E-state index contributed by atoms with van der Waals surface area (Å²) in [7, 11) is -0.965. The number of nitrogens with one attached hydrogen (secondary N) is 1. The van der Waals surface area contributed by atoms with Gasteiger partial charge in [0.05, 0.1) is 0 Å². The molecule has 1 saturated heterocycles. The lowest BCUT2D eigenvalue weighted by Gasteiger charge is -2.17. The van der Waals surface area contributed by atoms with Crippen molar-refractivity contribution >= 4 is 22.6 Å². The Labute approximate surface area is 155 Å². The molecule has 2 amide bonds. The maximum atomic E-state index is 12.6. The molecule has 0 aromatic heterocycles. The van der Waals surface area contributed by atoms with Gasteiger partial charge in [0, 0.05) is 41.5 Å². The molecule has 6 heteroatoms. The number of amides is 2. The van der Waals surface area contributed by atoms with Crippen LogP contribution in [0.3, 0.4) is 0 Å². The number of carbonyl (C=O) groups excluding carboxylic acids is 2. The van der Waals surface area contributed by atoms with E-state index in [1.54, 1.807) is 29.4 Å². The van der Waals surface area contributed by atoms with Gasteiger partial charge in [0.1, 0.15) is 6.04 Å². The van der Waals surface area contributed by atoms with Gasteiger partial charge in [-0.25, -0.2) is 0 Å². The number of carbonyl (C=O) groups is 2. The first-order chi connectivity index (χ1) is 12.5. The molecule has 0 radical (unpaired) electrons. The zero-order chi connectivity index (χ0) is 18.5. The number of nitrogens with zero attached hydrogens (tertiary/aromatic N) is 1. The van der Waals surface area contributed by atoms with Crippen molar-refractivity contribution in [1.29, 1.82) is 0 Å². The zero-order valence-electron chi connectivity index (χ0n) is 14.7. The first kappa shape index (κ1) is 18.3. The van der Waals surface area contributed by atoms with Crippen LogP contribution in [0.2, 0.25) is 0 Å². The summed E-state index contributed by atoms with van der Waals surface area (Å²) >= 11 is 0. The van der Waals surface area contributed by atoms with Gasteiger partial charge in [-0.15, -0.1) is 0 Å². The molecule has 1 fully saturated rings. The second-order valence-corrected chi connectivity index (χ2v) is 7.91. The Morgan fingerprint density at radius 2 is 1.88 bits per heavy atom. The van der Waals surface area contributed by atoms with E-state index < -0.39 is 16.8 Å². The predicted molar refractivity (Wildman–Crippen MR) is 102 cm³/mol. The van der Waals surface area contributed by atoms with Gasteiger partial charge in [-0.3, -0.25) is 13.8 Å². The van der Waals surface area contributed by atoms with E-state index in [0.717, 1.165) is 11.1 Å². The number of benzene rings is 2. The topological polar surface area (TPSA) is 66.5 Å². The molecular weight excluding hydrogens is 348 g/mol.